The number of aliphatic hydroxyl groups is 3. The molecule has 3 nitrogen and oxygen atoms in total. The summed E-state index contributed by atoms with van der Waals surface area (Å²) in [6.07, 6.45) is 13.5. The number of hydrogen-bond donors (Lipinski definition) is 3. The number of rotatable bonds is 5. The maximum Gasteiger partial charge on any atom is 0.0751 e. The highest BCUT2D eigenvalue weighted by Crippen LogP contribution is 2.67. The third-order valence-corrected chi connectivity index (χ3v) is 10.4. The van der Waals surface area contributed by atoms with Crippen LogP contribution in [-0.4, -0.2) is 33.1 Å². The summed E-state index contributed by atoms with van der Waals surface area (Å²) in [5, 5.41) is 32.5. The van der Waals surface area contributed by atoms with Crippen LogP contribution in [0.15, 0.2) is 0 Å². The molecule has 9 atom stereocenters. The zero-order chi connectivity index (χ0) is 20.2. The second kappa shape index (κ2) is 7.54. The van der Waals surface area contributed by atoms with E-state index in [2.05, 4.69) is 13.8 Å². The van der Waals surface area contributed by atoms with E-state index in [1.165, 1.54) is 32.1 Å². The summed E-state index contributed by atoms with van der Waals surface area (Å²) in [6, 6.07) is 0. The van der Waals surface area contributed by atoms with Gasteiger partial charge in [0, 0.05) is 12.5 Å². The Labute approximate surface area is 172 Å². The van der Waals surface area contributed by atoms with E-state index in [9.17, 15) is 15.3 Å². The minimum absolute atomic E-state index is 0.0281. The summed E-state index contributed by atoms with van der Waals surface area (Å²) < 4.78 is 0. The summed E-state index contributed by atoms with van der Waals surface area (Å²) in [4.78, 5) is 0. The first-order valence-corrected chi connectivity index (χ1v) is 12.3. The normalized spacial score (nSPS) is 51.9. The van der Waals surface area contributed by atoms with Crippen molar-refractivity contribution in [2.24, 2.45) is 40.9 Å². The van der Waals surface area contributed by atoms with Crippen LogP contribution in [0.4, 0.5) is 0 Å². The predicted octanol–water partition coefficient (Wildman–Crippen LogP) is 4.92. The van der Waals surface area contributed by atoms with Crippen LogP contribution >= 0.6 is 0 Å². The lowest BCUT2D eigenvalue weighted by Gasteiger charge is -2.59. The van der Waals surface area contributed by atoms with Crippen molar-refractivity contribution >= 4 is 0 Å². The minimum atomic E-state index is -0.693. The van der Waals surface area contributed by atoms with Crippen LogP contribution in [0.2, 0.25) is 0 Å². The molecule has 0 radical (unpaired) electrons. The molecule has 4 aliphatic rings. The van der Waals surface area contributed by atoms with Gasteiger partial charge in [0.2, 0.25) is 0 Å². The van der Waals surface area contributed by atoms with E-state index in [1.807, 2.05) is 6.92 Å². The molecule has 4 fully saturated rings. The molecule has 0 saturated heterocycles. The second-order valence-electron chi connectivity index (χ2n) is 11.5. The largest absolute Gasteiger partial charge is 0.396 e. The number of aliphatic hydroxyl groups excluding tert-OH is 1. The van der Waals surface area contributed by atoms with Crippen molar-refractivity contribution in [3.05, 3.63) is 0 Å². The van der Waals surface area contributed by atoms with Crippen molar-refractivity contribution in [2.75, 3.05) is 6.61 Å². The zero-order valence-corrected chi connectivity index (χ0v) is 18.5. The molecular formula is C25H44O3. The van der Waals surface area contributed by atoms with E-state index in [-0.39, 0.29) is 17.9 Å². The Morgan fingerprint density at radius 2 is 1.68 bits per heavy atom. The van der Waals surface area contributed by atoms with E-state index in [0.29, 0.717) is 5.92 Å². The fourth-order valence-corrected chi connectivity index (χ4v) is 8.71. The smallest absolute Gasteiger partial charge is 0.0751 e. The highest BCUT2D eigenvalue weighted by Gasteiger charge is 2.64. The highest BCUT2D eigenvalue weighted by molar-refractivity contribution is 5.13. The molecule has 0 amide bonds. The molecule has 0 spiro atoms. The van der Waals surface area contributed by atoms with Crippen LogP contribution < -0.4 is 0 Å². The van der Waals surface area contributed by atoms with Crippen molar-refractivity contribution in [3.63, 3.8) is 0 Å². The standard InChI is InChI=1S/C25H44O3/c1-4-5-11-24(27)13-9-19-18(15-24)6-7-21-20(19)8-12-23(3)22(21)10-14-25(23,28)17(2)16-26/h17-22,26-28H,4-16H2,1-3H3/t17?,18-,19+,20-,21-,22+,23+,24-,25+/m1/s1. The van der Waals surface area contributed by atoms with Crippen LogP contribution in [0.1, 0.15) is 97.8 Å². The van der Waals surface area contributed by atoms with Crippen molar-refractivity contribution in [3.8, 4) is 0 Å². The summed E-state index contributed by atoms with van der Waals surface area (Å²) in [7, 11) is 0. The number of unbranched alkanes of at least 4 members (excludes halogenated alkanes) is 1. The summed E-state index contributed by atoms with van der Waals surface area (Å²) in [5.41, 5.74) is -1.11. The van der Waals surface area contributed by atoms with Crippen LogP contribution in [-0.2, 0) is 0 Å². The third kappa shape index (κ3) is 3.10. The van der Waals surface area contributed by atoms with Crippen LogP contribution in [0.5, 0.6) is 0 Å². The van der Waals surface area contributed by atoms with Gasteiger partial charge in [0.15, 0.2) is 0 Å². The first kappa shape index (κ1) is 21.1. The van der Waals surface area contributed by atoms with Gasteiger partial charge in [-0.3, -0.25) is 0 Å². The molecule has 28 heavy (non-hydrogen) atoms. The first-order valence-electron chi connectivity index (χ1n) is 12.3. The van der Waals surface area contributed by atoms with Gasteiger partial charge in [-0.15, -0.1) is 0 Å². The molecule has 0 aromatic heterocycles. The van der Waals surface area contributed by atoms with Gasteiger partial charge in [-0.2, -0.15) is 0 Å². The predicted molar refractivity (Wildman–Crippen MR) is 113 cm³/mol. The number of hydrogen-bond acceptors (Lipinski definition) is 3. The fraction of sp³-hybridized carbons (Fsp3) is 1.00. The Kier molecular flexibility index (Phi) is 5.69. The Morgan fingerprint density at radius 1 is 0.929 bits per heavy atom. The van der Waals surface area contributed by atoms with E-state index in [4.69, 9.17) is 0 Å². The van der Waals surface area contributed by atoms with Crippen LogP contribution in [0.25, 0.3) is 0 Å². The maximum absolute atomic E-state index is 11.6. The van der Waals surface area contributed by atoms with Gasteiger partial charge in [-0.1, -0.05) is 33.6 Å². The molecule has 0 aromatic rings. The molecule has 0 aromatic carbocycles. The molecule has 4 rings (SSSR count). The quantitative estimate of drug-likeness (QED) is 0.622. The topological polar surface area (TPSA) is 60.7 Å². The Hall–Kier alpha value is -0.120. The van der Waals surface area contributed by atoms with Gasteiger partial charge < -0.3 is 15.3 Å². The van der Waals surface area contributed by atoms with Crippen molar-refractivity contribution in [2.45, 2.75) is 109 Å². The Balaban J connectivity index is 1.49. The molecule has 4 aliphatic carbocycles. The first-order chi connectivity index (χ1) is 13.3. The van der Waals surface area contributed by atoms with Crippen LogP contribution in [0.3, 0.4) is 0 Å². The summed E-state index contributed by atoms with van der Waals surface area (Å²) >= 11 is 0. The summed E-state index contributed by atoms with van der Waals surface area (Å²) in [6.45, 7) is 6.69. The Morgan fingerprint density at radius 3 is 2.39 bits per heavy atom. The van der Waals surface area contributed by atoms with Gasteiger partial charge in [0.25, 0.3) is 0 Å². The Bertz CT molecular complexity index is 564. The van der Waals surface area contributed by atoms with Gasteiger partial charge >= 0.3 is 0 Å². The monoisotopic (exact) mass is 392 g/mol. The fourth-order valence-electron chi connectivity index (χ4n) is 8.71. The van der Waals surface area contributed by atoms with E-state index in [1.54, 1.807) is 0 Å². The lowest BCUT2D eigenvalue weighted by molar-refractivity contribution is -0.165. The molecule has 1 unspecified atom stereocenters. The van der Waals surface area contributed by atoms with Gasteiger partial charge in [-0.05, 0) is 99.2 Å². The zero-order valence-electron chi connectivity index (χ0n) is 18.5. The third-order valence-electron chi connectivity index (χ3n) is 10.4. The molecule has 3 N–H and O–H groups in total. The van der Waals surface area contributed by atoms with Crippen molar-refractivity contribution in [1.29, 1.82) is 0 Å². The minimum Gasteiger partial charge on any atom is -0.396 e. The van der Waals surface area contributed by atoms with Crippen LogP contribution in [0, 0.1) is 40.9 Å². The van der Waals surface area contributed by atoms with Gasteiger partial charge in [0.05, 0.1) is 11.2 Å². The molecule has 0 aliphatic heterocycles. The molecular weight excluding hydrogens is 348 g/mol. The molecule has 4 saturated carbocycles. The molecule has 162 valence electrons. The lowest BCUT2D eigenvalue weighted by Crippen LogP contribution is -2.57. The van der Waals surface area contributed by atoms with E-state index >= 15 is 0 Å². The lowest BCUT2D eigenvalue weighted by atomic mass is 9.47. The molecule has 0 bridgehead atoms. The molecule has 0 heterocycles. The molecule has 3 heteroatoms. The summed E-state index contributed by atoms with van der Waals surface area (Å²) in [5.74, 6) is 3.67. The number of fused-ring (bicyclic) bond motifs is 5. The highest BCUT2D eigenvalue weighted by atomic mass is 16.3. The van der Waals surface area contributed by atoms with E-state index < -0.39 is 11.2 Å². The van der Waals surface area contributed by atoms with Crippen molar-refractivity contribution in [1.82, 2.24) is 0 Å². The SMILES string of the molecule is CCCC[C@@]1(O)CC[C@H]2[C@H](CC[C@@H]3[C@@H]2CC[C@@]2(C)[C@H]3CC[C@]2(O)C(C)CO)C1. The van der Waals surface area contributed by atoms with E-state index in [0.717, 1.165) is 68.6 Å². The average Bonchev–Trinajstić information content (AvgIpc) is 2.97. The van der Waals surface area contributed by atoms with Crippen molar-refractivity contribution < 1.29 is 15.3 Å². The average molecular weight is 393 g/mol. The second-order valence-corrected chi connectivity index (χ2v) is 11.5. The van der Waals surface area contributed by atoms with Gasteiger partial charge in [-0.25, -0.2) is 0 Å². The maximum atomic E-state index is 11.6. The van der Waals surface area contributed by atoms with Gasteiger partial charge in [0.1, 0.15) is 0 Å².